The Labute approximate surface area is 147 Å². The van der Waals surface area contributed by atoms with Crippen LogP contribution in [0.2, 0.25) is 5.02 Å². The van der Waals surface area contributed by atoms with Gasteiger partial charge in [-0.25, -0.2) is 0 Å². The van der Waals surface area contributed by atoms with Crippen LogP contribution in [-0.2, 0) is 9.59 Å². The maximum atomic E-state index is 12.5. The average molecular weight is 355 g/mol. The molecule has 1 aromatic rings. The van der Waals surface area contributed by atoms with Crippen molar-refractivity contribution in [2.24, 2.45) is 5.92 Å². The normalized spacial score (nSPS) is 17.1. The molecule has 1 aromatic carbocycles. The molecule has 1 atom stereocenters. The quantitative estimate of drug-likeness (QED) is 0.817. The number of rotatable bonds is 7. The molecule has 1 heterocycles. The number of ether oxygens (including phenoxy) is 2. The Hall–Kier alpha value is -1.95. The number of benzene rings is 1. The van der Waals surface area contributed by atoms with Crippen LogP contribution < -0.4 is 14.8 Å². The fraction of sp³-hybridized carbons (Fsp3) is 0.529. The van der Waals surface area contributed by atoms with Crippen LogP contribution in [0, 0.1) is 5.92 Å². The lowest BCUT2D eigenvalue weighted by Crippen LogP contribution is -2.29. The Morgan fingerprint density at radius 1 is 1.33 bits per heavy atom. The minimum atomic E-state index is -0.360. The van der Waals surface area contributed by atoms with Gasteiger partial charge < -0.3 is 19.7 Å². The Morgan fingerprint density at radius 2 is 2.04 bits per heavy atom. The van der Waals surface area contributed by atoms with Crippen LogP contribution in [-0.4, -0.2) is 44.0 Å². The zero-order chi connectivity index (χ0) is 17.7. The van der Waals surface area contributed by atoms with E-state index in [0.29, 0.717) is 35.3 Å². The zero-order valence-electron chi connectivity index (χ0n) is 14.2. The first kappa shape index (κ1) is 18.4. The second-order valence-electron chi connectivity index (χ2n) is 5.77. The van der Waals surface area contributed by atoms with Crippen molar-refractivity contribution in [1.82, 2.24) is 4.90 Å². The van der Waals surface area contributed by atoms with Crippen molar-refractivity contribution in [3.05, 3.63) is 17.2 Å². The molecule has 0 radical (unpaired) electrons. The van der Waals surface area contributed by atoms with E-state index in [1.165, 1.54) is 14.2 Å². The van der Waals surface area contributed by atoms with E-state index in [9.17, 15) is 9.59 Å². The molecule has 1 N–H and O–H groups in total. The SMILES string of the molecule is CCCCN1CC(C(=O)Nc2cc(OC)c(Cl)cc2OC)CC1=O. The standard InChI is InChI=1S/C17H23ClN2O4/c1-4-5-6-20-10-11(7-16(20)21)17(22)19-13-9-14(23-2)12(18)8-15(13)24-3/h8-9,11H,4-7,10H2,1-3H3,(H,19,22). The van der Waals surface area contributed by atoms with Crippen molar-refractivity contribution < 1.29 is 19.1 Å². The van der Waals surface area contributed by atoms with Gasteiger partial charge >= 0.3 is 0 Å². The Balaban J connectivity index is 2.08. The van der Waals surface area contributed by atoms with Crippen LogP contribution >= 0.6 is 11.6 Å². The molecular formula is C17H23ClN2O4. The number of nitrogens with zero attached hydrogens (tertiary/aromatic N) is 1. The van der Waals surface area contributed by atoms with E-state index in [-0.39, 0.29) is 24.2 Å². The number of methoxy groups -OCH3 is 2. The van der Waals surface area contributed by atoms with Crippen molar-refractivity contribution in [3.63, 3.8) is 0 Å². The number of unbranched alkanes of at least 4 members (excludes halogenated alkanes) is 1. The van der Waals surface area contributed by atoms with Crippen LogP contribution in [0.5, 0.6) is 11.5 Å². The van der Waals surface area contributed by atoms with E-state index in [1.54, 1.807) is 17.0 Å². The van der Waals surface area contributed by atoms with Gasteiger partial charge in [0, 0.05) is 31.6 Å². The summed E-state index contributed by atoms with van der Waals surface area (Å²) in [5, 5.41) is 3.22. The molecular weight excluding hydrogens is 332 g/mol. The third kappa shape index (κ3) is 4.12. The Kier molecular flexibility index (Phi) is 6.31. The highest BCUT2D eigenvalue weighted by molar-refractivity contribution is 6.32. The highest BCUT2D eigenvalue weighted by atomic mass is 35.5. The Morgan fingerprint density at radius 3 is 2.67 bits per heavy atom. The number of halogens is 1. The van der Waals surface area contributed by atoms with E-state index < -0.39 is 0 Å². The van der Waals surface area contributed by atoms with E-state index in [1.807, 2.05) is 0 Å². The lowest BCUT2D eigenvalue weighted by Gasteiger charge is -2.17. The monoisotopic (exact) mass is 354 g/mol. The molecule has 1 saturated heterocycles. The van der Waals surface area contributed by atoms with Gasteiger partial charge in [-0.1, -0.05) is 24.9 Å². The van der Waals surface area contributed by atoms with E-state index >= 15 is 0 Å². The summed E-state index contributed by atoms with van der Waals surface area (Å²) in [5.74, 6) is 0.358. The minimum Gasteiger partial charge on any atom is -0.495 e. The second-order valence-corrected chi connectivity index (χ2v) is 6.18. The molecule has 1 aliphatic heterocycles. The number of hydrogen-bond donors (Lipinski definition) is 1. The highest BCUT2D eigenvalue weighted by Gasteiger charge is 2.34. The van der Waals surface area contributed by atoms with Gasteiger partial charge in [-0.05, 0) is 6.42 Å². The fourth-order valence-electron chi connectivity index (χ4n) is 2.71. The molecule has 0 aliphatic carbocycles. The molecule has 6 nitrogen and oxygen atoms in total. The zero-order valence-corrected chi connectivity index (χ0v) is 15.0. The Bertz CT molecular complexity index is 621. The van der Waals surface area contributed by atoms with Crippen LogP contribution in [0.1, 0.15) is 26.2 Å². The smallest absolute Gasteiger partial charge is 0.229 e. The van der Waals surface area contributed by atoms with Gasteiger partial charge in [0.05, 0.1) is 30.8 Å². The van der Waals surface area contributed by atoms with Gasteiger partial charge in [0.15, 0.2) is 0 Å². The number of carbonyl (C=O) groups is 2. The number of carbonyl (C=O) groups excluding carboxylic acids is 2. The van der Waals surface area contributed by atoms with Crippen molar-refractivity contribution in [3.8, 4) is 11.5 Å². The number of likely N-dealkylation sites (tertiary alicyclic amines) is 1. The lowest BCUT2D eigenvalue weighted by molar-refractivity contribution is -0.128. The molecule has 1 aliphatic rings. The number of anilines is 1. The lowest BCUT2D eigenvalue weighted by atomic mass is 10.1. The predicted molar refractivity (Wildman–Crippen MR) is 92.8 cm³/mol. The molecule has 0 saturated carbocycles. The largest absolute Gasteiger partial charge is 0.495 e. The van der Waals surface area contributed by atoms with E-state index in [0.717, 1.165) is 12.8 Å². The molecule has 24 heavy (non-hydrogen) atoms. The molecule has 1 fully saturated rings. The topological polar surface area (TPSA) is 67.9 Å². The predicted octanol–water partition coefficient (Wildman–Crippen LogP) is 2.94. The molecule has 0 spiro atoms. The second kappa shape index (κ2) is 8.24. The van der Waals surface area contributed by atoms with Gasteiger partial charge in [-0.2, -0.15) is 0 Å². The number of nitrogens with one attached hydrogen (secondary N) is 1. The van der Waals surface area contributed by atoms with Gasteiger partial charge in [0.25, 0.3) is 0 Å². The first-order valence-electron chi connectivity index (χ1n) is 8.00. The van der Waals surface area contributed by atoms with Crippen molar-refractivity contribution in [2.75, 3.05) is 32.6 Å². The summed E-state index contributed by atoms with van der Waals surface area (Å²) in [6.45, 7) is 3.24. The summed E-state index contributed by atoms with van der Waals surface area (Å²) in [6, 6.07) is 3.20. The summed E-state index contributed by atoms with van der Waals surface area (Å²) < 4.78 is 10.4. The van der Waals surface area contributed by atoms with Crippen LogP contribution in [0.25, 0.3) is 0 Å². The first-order valence-corrected chi connectivity index (χ1v) is 8.38. The van der Waals surface area contributed by atoms with Crippen molar-refractivity contribution in [1.29, 1.82) is 0 Å². The minimum absolute atomic E-state index is 0.0317. The highest BCUT2D eigenvalue weighted by Crippen LogP contribution is 2.36. The van der Waals surface area contributed by atoms with E-state index in [2.05, 4.69) is 12.2 Å². The molecule has 2 rings (SSSR count). The molecule has 0 bridgehead atoms. The van der Waals surface area contributed by atoms with Gasteiger partial charge in [-0.15, -0.1) is 0 Å². The van der Waals surface area contributed by atoms with Gasteiger partial charge in [-0.3, -0.25) is 9.59 Å². The summed E-state index contributed by atoms with van der Waals surface area (Å²) in [7, 11) is 3.00. The molecule has 2 amide bonds. The fourth-order valence-corrected chi connectivity index (χ4v) is 2.94. The summed E-state index contributed by atoms with van der Waals surface area (Å²) in [4.78, 5) is 26.3. The molecule has 132 valence electrons. The summed E-state index contributed by atoms with van der Waals surface area (Å²) in [5.41, 5.74) is 0.475. The number of hydrogen-bond acceptors (Lipinski definition) is 4. The van der Waals surface area contributed by atoms with Crippen LogP contribution in [0.4, 0.5) is 5.69 Å². The first-order chi connectivity index (χ1) is 11.5. The van der Waals surface area contributed by atoms with E-state index in [4.69, 9.17) is 21.1 Å². The van der Waals surface area contributed by atoms with Gasteiger partial charge in [0.2, 0.25) is 11.8 Å². The summed E-state index contributed by atoms with van der Waals surface area (Å²) >= 11 is 6.06. The molecule has 1 unspecified atom stereocenters. The molecule has 7 heteroatoms. The maximum absolute atomic E-state index is 12.5. The summed E-state index contributed by atoms with van der Waals surface area (Å²) in [6.07, 6.45) is 2.20. The number of amides is 2. The third-order valence-corrected chi connectivity index (χ3v) is 4.39. The van der Waals surface area contributed by atoms with Crippen molar-refractivity contribution in [2.45, 2.75) is 26.2 Å². The van der Waals surface area contributed by atoms with Crippen LogP contribution in [0.15, 0.2) is 12.1 Å². The van der Waals surface area contributed by atoms with Gasteiger partial charge in [0.1, 0.15) is 11.5 Å². The average Bonchev–Trinajstić information content (AvgIpc) is 2.95. The molecule has 0 aromatic heterocycles. The third-order valence-electron chi connectivity index (χ3n) is 4.10. The van der Waals surface area contributed by atoms with Crippen molar-refractivity contribution >= 4 is 29.1 Å². The van der Waals surface area contributed by atoms with Crippen LogP contribution in [0.3, 0.4) is 0 Å². The maximum Gasteiger partial charge on any atom is 0.229 e.